The first kappa shape index (κ1) is 18.3. The molecule has 1 N–H and O–H groups in total. The molecule has 9 heteroatoms. The minimum Gasteiger partial charge on any atom is -0.497 e. The van der Waals surface area contributed by atoms with Crippen LogP contribution < -0.4 is 10.1 Å². The highest BCUT2D eigenvalue weighted by molar-refractivity contribution is 5.98. The largest absolute Gasteiger partial charge is 0.497 e. The summed E-state index contributed by atoms with van der Waals surface area (Å²) < 4.78 is 52.8. The van der Waals surface area contributed by atoms with Gasteiger partial charge in [-0.3, -0.25) is 0 Å². The number of ether oxygens (including phenoxy) is 3. The summed E-state index contributed by atoms with van der Waals surface area (Å²) in [5, 5.41) is 2.23. The van der Waals surface area contributed by atoms with Gasteiger partial charge in [-0.1, -0.05) is 0 Å². The summed E-state index contributed by atoms with van der Waals surface area (Å²) in [6.45, 7) is 0. The average Bonchev–Trinajstić information content (AvgIpc) is 2.52. The van der Waals surface area contributed by atoms with Crippen molar-refractivity contribution in [2.75, 3.05) is 26.6 Å². The van der Waals surface area contributed by atoms with E-state index in [2.05, 4.69) is 14.8 Å². The zero-order chi connectivity index (χ0) is 17.6. The molecule has 0 unspecified atom stereocenters. The summed E-state index contributed by atoms with van der Waals surface area (Å²) in [7, 11) is 3.30. The number of hydrogen-bond donors (Lipinski definition) is 1. The molecule has 0 aliphatic rings. The number of hydrogen-bond acceptors (Lipinski definition) is 6. The van der Waals surface area contributed by atoms with Gasteiger partial charge in [0.1, 0.15) is 11.4 Å². The van der Waals surface area contributed by atoms with Gasteiger partial charge in [-0.2, -0.15) is 13.2 Å². The number of rotatable bonds is 5. The second kappa shape index (κ2) is 7.52. The Kier molecular flexibility index (Phi) is 6.00. The van der Waals surface area contributed by atoms with E-state index in [-0.39, 0.29) is 5.75 Å². The van der Waals surface area contributed by atoms with Crippen LogP contribution in [0.25, 0.3) is 0 Å². The van der Waals surface area contributed by atoms with E-state index in [1.54, 1.807) is 0 Å². The van der Waals surface area contributed by atoms with Crippen molar-refractivity contribution in [1.29, 1.82) is 0 Å². The van der Waals surface area contributed by atoms with Crippen LogP contribution in [0.4, 0.5) is 18.9 Å². The summed E-state index contributed by atoms with van der Waals surface area (Å²) in [5.41, 5.74) is -2.02. The van der Waals surface area contributed by atoms with Crippen molar-refractivity contribution in [3.05, 3.63) is 35.5 Å². The molecule has 0 aliphatic carbocycles. The van der Waals surface area contributed by atoms with Crippen molar-refractivity contribution < 1.29 is 37.0 Å². The van der Waals surface area contributed by atoms with E-state index in [1.165, 1.54) is 13.2 Å². The second-order valence-electron chi connectivity index (χ2n) is 4.11. The van der Waals surface area contributed by atoms with E-state index in [4.69, 9.17) is 4.74 Å². The summed E-state index contributed by atoms with van der Waals surface area (Å²) in [4.78, 5) is 22.8. The van der Waals surface area contributed by atoms with Crippen LogP contribution in [-0.2, 0) is 25.2 Å². The molecule has 0 saturated carbocycles. The van der Waals surface area contributed by atoms with E-state index in [0.29, 0.717) is 6.08 Å². The normalized spacial score (nSPS) is 11.7. The number of anilines is 1. The number of alkyl halides is 3. The van der Waals surface area contributed by atoms with Crippen LogP contribution in [0.1, 0.15) is 5.56 Å². The van der Waals surface area contributed by atoms with Gasteiger partial charge in [-0.05, 0) is 18.2 Å². The maximum absolute atomic E-state index is 13.1. The van der Waals surface area contributed by atoms with Crippen molar-refractivity contribution >= 4 is 17.6 Å². The molecule has 0 bridgehead atoms. The standard InChI is InChI=1S/C14H14F3NO5/c1-21-8-4-5-10(9(6-8)14(15,16)17)18-11(13(20)23-3)7-12(19)22-2/h4-7,18H,1-3H3/b11-7+. The van der Waals surface area contributed by atoms with Crippen molar-refractivity contribution in [3.63, 3.8) is 0 Å². The predicted molar refractivity (Wildman–Crippen MR) is 73.7 cm³/mol. The minimum absolute atomic E-state index is 0.0144. The van der Waals surface area contributed by atoms with E-state index in [0.717, 1.165) is 26.4 Å². The zero-order valence-corrected chi connectivity index (χ0v) is 12.5. The Labute approximate surface area is 129 Å². The molecule has 1 aromatic carbocycles. The highest BCUT2D eigenvalue weighted by Gasteiger charge is 2.34. The maximum atomic E-state index is 13.1. The Morgan fingerprint density at radius 1 is 1.13 bits per heavy atom. The van der Waals surface area contributed by atoms with Crippen molar-refractivity contribution in [1.82, 2.24) is 0 Å². The predicted octanol–water partition coefficient (Wildman–Crippen LogP) is 2.36. The van der Waals surface area contributed by atoms with Crippen LogP contribution in [0.2, 0.25) is 0 Å². The Morgan fingerprint density at radius 3 is 2.26 bits per heavy atom. The van der Waals surface area contributed by atoms with Crippen molar-refractivity contribution in [2.45, 2.75) is 6.18 Å². The molecule has 1 rings (SSSR count). The van der Waals surface area contributed by atoms with Crippen LogP contribution in [0.5, 0.6) is 5.75 Å². The zero-order valence-electron chi connectivity index (χ0n) is 12.5. The third-order valence-electron chi connectivity index (χ3n) is 2.67. The number of methoxy groups -OCH3 is 3. The van der Waals surface area contributed by atoms with Gasteiger partial charge in [0.05, 0.1) is 38.7 Å². The maximum Gasteiger partial charge on any atom is 0.418 e. The number of carbonyl (C=O) groups is 2. The summed E-state index contributed by atoms with van der Waals surface area (Å²) in [6.07, 6.45) is -4.01. The van der Waals surface area contributed by atoms with Crippen LogP contribution in [0.15, 0.2) is 30.0 Å². The van der Waals surface area contributed by atoms with Gasteiger partial charge in [-0.15, -0.1) is 0 Å². The van der Waals surface area contributed by atoms with Gasteiger partial charge < -0.3 is 19.5 Å². The Bertz CT molecular complexity index is 625. The third kappa shape index (κ3) is 4.90. The Morgan fingerprint density at radius 2 is 1.78 bits per heavy atom. The highest BCUT2D eigenvalue weighted by atomic mass is 19.4. The second-order valence-corrected chi connectivity index (χ2v) is 4.11. The van der Waals surface area contributed by atoms with Crippen LogP contribution in [0.3, 0.4) is 0 Å². The Balaban J connectivity index is 3.31. The molecule has 0 fully saturated rings. The first-order valence-corrected chi connectivity index (χ1v) is 6.13. The van der Waals surface area contributed by atoms with E-state index in [9.17, 15) is 22.8 Å². The van der Waals surface area contributed by atoms with Gasteiger partial charge >= 0.3 is 18.1 Å². The molecule has 6 nitrogen and oxygen atoms in total. The quantitative estimate of drug-likeness (QED) is 0.659. The lowest BCUT2D eigenvalue weighted by molar-refractivity contribution is -0.138. The van der Waals surface area contributed by atoms with Crippen molar-refractivity contribution in [3.8, 4) is 5.75 Å². The van der Waals surface area contributed by atoms with Crippen molar-refractivity contribution in [2.24, 2.45) is 0 Å². The molecule has 0 atom stereocenters. The molecule has 23 heavy (non-hydrogen) atoms. The molecule has 0 radical (unpaired) electrons. The molecular weight excluding hydrogens is 319 g/mol. The molecule has 0 spiro atoms. The lowest BCUT2D eigenvalue weighted by atomic mass is 10.1. The number of carbonyl (C=O) groups excluding carboxylic acids is 2. The minimum atomic E-state index is -4.70. The molecule has 0 aromatic heterocycles. The topological polar surface area (TPSA) is 73.9 Å². The van der Waals surface area contributed by atoms with E-state index >= 15 is 0 Å². The fourth-order valence-electron chi connectivity index (χ4n) is 1.57. The molecule has 126 valence electrons. The molecule has 1 aromatic rings. The number of halogens is 3. The lowest BCUT2D eigenvalue weighted by Gasteiger charge is -2.16. The van der Waals surface area contributed by atoms with Gasteiger partial charge in [0.15, 0.2) is 0 Å². The number of nitrogens with one attached hydrogen (secondary N) is 1. The van der Waals surface area contributed by atoms with Gasteiger partial charge in [0, 0.05) is 0 Å². The first-order valence-electron chi connectivity index (χ1n) is 6.13. The van der Waals surface area contributed by atoms with Gasteiger partial charge in [0.25, 0.3) is 0 Å². The number of benzene rings is 1. The molecule has 0 amide bonds. The average molecular weight is 333 g/mol. The number of esters is 2. The monoisotopic (exact) mass is 333 g/mol. The van der Waals surface area contributed by atoms with Gasteiger partial charge in [0.2, 0.25) is 0 Å². The summed E-state index contributed by atoms with van der Waals surface area (Å²) in [6, 6.07) is 3.09. The first-order chi connectivity index (χ1) is 10.7. The smallest absolute Gasteiger partial charge is 0.418 e. The van der Waals surface area contributed by atoms with Crippen LogP contribution in [-0.4, -0.2) is 33.3 Å². The van der Waals surface area contributed by atoms with E-state index in [1.807, 2.05) is 0 Å². The molecule has 0 heterocycles. The molecular formula is C14H14F3NO5. The highest BCUT2D eigenvalue weighted by Crippen LogP contribution is 2.37. The summed E-state index contributed by atoms with van der Waals surface area (Å²) >= 11 is 0. The Hall–Kier alpha value is -2.71. The van der Waals surface area contributed by atoms with Gasteiger partial charge in [-0.25, -0.2) is 9.59 Å². The third-order valence-corrected chi connectivity index (χ3v) is 2.67. The molecule has 0 saturated heterocycles. The lowest BCUT2D eigenvalue weighted by Crippen LogP contribution is -2.18. The van der Waals surface area contributed by atoms with E-state index < -0.39 is 35.1 Å². The molecule has 0 aliphatic heterocycles. The fourth-order valence-corrected chi connectivity index (χ4v) is 1.57. The van der Waals surface area contributed by atoms with Crippen LogP contribution >= 0.6 is 0 Å². The SMILES string of the molecule is COC(=O)/C=C(/Nc1ccc(OC)cc1C(F)(F)F)C(=O)OC. The fraction of sp³-hybridized carbons (Fsp3) is 0.286. The van der Waals surface area contributed by atoms with Crippen LogP contribution in [0, 0.1) is 0 Å². The summed E-state index contributed by atoms with van der Waals surface area (Å²) in [5.74, 6) is -1.97.